The second-order valence-corrected chi connectivity index (χ2v) is 7.71. The van der Waals surface area contributed by atoms with Gasteiger partial charge in [-0.15, -0.1) is 11.3 Å². The fraction of sp³-hybridized carbons (Fsp3) is 0.143. The number of aryl methyl sites for hydroxylation is 1. The second-order valence-electron chi connectivity index (χ2n) is 6.64. The van der Waals surface area contributed by atoms with Crippen LogP contribution < -0.4 is 5.32 Å². The SMILES string of the molecule is Cc1nc(-c2ccc(CCNC(=O)c3c[nH]c4ccc([N+](=O)[O-])cc34)cc2)cs1. The average Bonchev–Trinajstić information content (AvgIpc) is 3.34. The summed E-state index contributed by atoms with van der Waals surface area (Å²) in [6, 6.07) is 12.6. The first-order valence-corrected chi connectivity index (χ1v) is 9.94. The van der Waals surface area contributed by atoms with Crippen LogP contribution in [0.2, 0.25) is 0 Å². The number of benzene rings is 2. The van der Waals surface area contributed by atoms with Gasteiger partial charge in [0.2, 0.25) is 0 Å². The summed E-state index contributed by atoms with van der Waals surface area (Å²) < 4.78 is 0. The van der Waals surface area contributed by atoms with Gasteiger partial charge in [-0.1, -0.05) is 24.3 Å². The van der Waals surface area contributed by atoms with Crippen LogP contribution in [0.1, 0.15) is 20.9 Å². The highest BCUT2D eigenvalue weighted by molar-refractivity contribution is 7.09. The van der Waals surface area contributed by atoms with Crippen LogP contribution in [-0.4, -0.2) is 27.3 Å². The highest BCUT2D eigenvalue weighted by Crippen LogP contribution is 2.24. The predicted molar refractivity (Wildman–Crippen MR) is 113 cm³/mol. The van der Waals surface area contributed by atoms with E-state index in [-0.39, 0.29) is 11.6 Å². The number of thiazole rings is 1. The summed E-state index contributed by atoms with van der Waals surface area (Å²) >= 11 is 1.62. The van der Waals surface area contributed by atoms with Crippen LogP contribution in [-0.2, 0) is 6.42 Å². The maximum atomic E-state index is 12.5. The van der Waals surface area contributed by atoms with Crippen molar-refractivity contribution in [1.82, 2.24) is 15.3 Å². The molecule has 0 saturated carbocycles. The van der Waals surface area contributed by atoms with E-state index in [1.165, 1.54) is 12.1 Å². The number of amides is 1. The van der Waals surface area contributed by atoms with Crippen molar-refractivity contribution in [2.45, 2.75) is 13.3 Å². The van der Waals surface area contributed by atoms with Crippen molar-refractivity contribution in [3.05, 3.63) is 80.3 Å². The molecule has 146 valence electrons. The largest absolute Gasteiger partial charge is 0.360 e. The van der Waals surface area contributed by atoms with Crippen molar-refractivity contribution in [1.29, 1.82) is 0 Å². The molecule has 0 atom stereocenters. The number of carbonyl (C=O) groups excluding carboxylic acids is 1. The Morgan fingerprint density at radius 2 is 2.03 bits per heavy atom. The number of nitrogens with one attached hydrogen (secondary N) is 2. The van der Waals surface area contributed by atoms with Crippen LogP contribution in [0.4, 0.5) is 5.69 Å². The average molecular weight is 406 g/mol. The molecule has 0 aliphatic heterocycles. The monoisotopic (exact) mass is 406 g/mol. The van der Waals surface area contributed by atoms with Gasteiger partial charge in [-0.3, -0.25) is 14.9 Å². The summed E-state index contributed by atoms with van der Waals surface area (Å²) in [5, 5.41) is 17.5. The van der Waals surface area contributed by atoms with E-state index >= 15 is 0 Å². The summed E-state index contributed by atoms with van der Waals surface area (Å²) in [6.07, 6.45) is 2.26. The van der Waals surface area contributed by atoms with Crippen LogP contribution >= 0.6 is 11.3 Å². The van der Waals surface area contributed by atoms with Gasteiger partial charge in [0.05, 0.1) is 21.2 Å². The van der Waals surface area contributed by atoms with Gasteiger partial charge in [-0.05, 0) is 25.0 Å². The zero-order valence-electron chi connectivity index (χ0n) is 15.6. The van der Waals surface area contributed by atoms with Gasteiger partial charge in [0.25, 0.3) is 11.6 Å². The second kappa shape index (κ2) is 7.84. The predicted octanol–water partition coefficient (Wildman–Crippen LogP) is 4.48. The summed E-state index contributed by atoms with van der Waals surface area (Å²) in [7, 11) is 0. The first-order valence-electron chi connectivity index (χ1n) is 9.06. The van der Waals surface area contributed by atoms with Gasteiger partial charge in [0, 0.05) is 46.7 Å². The minimum atomic E-state index is -0.468. The third-order valence-electron chi connectivity index (χ3n) is 4.69. The Bertz CT molecular complexity index is 1190. The minimum absolute atomic E-state index is 0.0402. The number of nitro groups is 1. The molecule has 0 aliphatic carbocycles. The third kappa shape index (κ3) is 4.02. The molecular weight excluding hydrogens is 388 g/mol. The Morgan fingerprint density at radius 3 is 2.72 bits per heavy atom. The molecule has 0 bridgehead atoms. The summed E-state index contributed by atoms with van der Waals surface area (Å²) in [4.78, 5) is 30.5. The van der Waals surface area contributed by atoms with Gasteiger partial charge in [0.15, 0.2) is 0 Å². The fourth-order valence-electron chi connectivity index (χ4n) is 3.16. The van der Waals surface area contributed by atoms with Crippen LogP contribution in [0.5, 0.6) is 0 Å². The number of hydrogen-bond acceptors (Lipinski definition) is 5. The molecule has 1 amide bonds. The number of non-ortho nitro benzene ring substituents is 1. The lowest BCUT2D eigenvalue weighted by Crippen LogP contribution is -2.25. The summed E-state index contributed by atoms with van der Waals surface area (Å²) in [5.41, 5.74) is 4.20. The fourth-order valence-corrected chi connectivity index (χ4v) is 3.79. The molecular formula is C21H18N4O3S. The highest BCUT2D eigenvalue weighted by Gasteiger charge is 2.15. The molecule has 0 fully saturated rings. The molecule has 4 rings (SSSR count). The molecule has 2 aromatic heterocycles. The van der Waals surface area contributed by atoms with E-state index < -0.39 is 4.92 Å². The maximum Gasteiger partial charge on any atom is 0.270 e. The van der Waals surface area contributed by atoms with Crippen LogP contribution in [0.25, 0.3) is 22.2 Å². The van der Waals surface area contributed by atoms with Gasteiger partial charge in [0.1, 0.15) is 0 Å². The Hall–Kier alpha value is -3.52. The number of nitrogens with zero attached hydrogens (tertiary/aromatic N) is 2. The molecule has 2 heterocycles. The molecule has 29 heavy (non-hydrogen) atoms. The van der Waals surface area contributed by atoms with Crippen molar-refractivity contribution >= 4 is 33.8 Å². The van der Waals surface area contributed by atoms with Crippen LogP contribution in [0.3, 0.4) is 0 Å². The number of rotatable bonds is 6. The molecule has 2 aromatic carbocycles. The van der Waals surface area contributed by atoms with Crippen LogP contribution in [0.15, 0.2) is 54.0 Å². The van der Waals surface area contributed by atoms with Crippen molar-refractivity contribution in [2.24, 2.45) is 0 Å². The molecule has 0 spiro atoms. The summed E-state index contributed by atoms with van der Waals surface area (Å²) in [6.45, 7) is 2.45. The number of carbonyl (C=O) groups is 1. The molecule has 0 aliphatic rings. The number of fused-ring (bicyclic) bond motifs is 1. The Morgan fingerprint density at radius 1 is 1.24 bits per heavy atom. The third-order valence-corrected chi connectivity index (χ3v) is 5.46. The first-order chi connectivity index (χ1) is 14.0. The lowest BCUT2D eigenvalue weighted by Gasteiger charge is -2.06. The van der Waals surface area contributed by atoms with Crippen molar-refractivity contribution in [2.75, 3.05) is 6.54 Å². The van der Waals surface area contributed by atoms with Crippen LogP contribution in [0, 0.1) is 17.0 Å². The van der Waals surface area contributed by atoms with E-state index in [1.807, 2.05) is 36.6 Å². The molecule has 0 saturated heterocycles. The minimum Gasteiger partial charge on any atom is -0.360 e. The molecule has 2 N–H and O–H groups in total. The zero-order valence-corrected chi connectivity index (χ0v) is 16.5. The molecule has 0 unspecified atom stereocenters. The van der Waals surface area contributed by atoms with Crippen molar-refractivity contribution in [3.63, 3.8) is 0 Å². The number of H-pyrrole nitrogens is 1. The van der Waals surface area contributed by atoms with E-state index in [0.717, 1.165) is 21.8 Å². The first kappa shape index (κ1) is 18.8. The smallest absolute Gasteiger partial charge is 0.270 e. The van der Waals surface area contributed by atoms with Gasteiger partial charge >= 0.3 is 0 Å². The Balaban J connectivity index is 1.39. The number of aromatic nitrogens is 2. The molecule has 7 nitrogen and oxygen atoms in total. The zero-order chi connectivity index (χ0) is 20.4. The maximum absolute atomic E-state index is 12.5. The van der Waals surface area contributed by atoms with Gasteiger partial charge in [-0.2, -0.15) is 0 Å². The normalized spacial score (nSPS) is 10.9. The topological polar surface area (TPSA) is 101 Å². The van der Waals surface area contributed by atoms with Gasteiger partial charge < -0.3 is 10.3 Å². The standard InChI is InChI=1S/C21H18N4O3S/c1-13-24-20(12-29-13)15-4-2-14(3-5-15)8-9-22-21(26)18-11-23-19-7-6-16(25(27)28)10-17(18)19/h2-7,10-12,23H,8-9H2,1H3,(H,22,26). The lowest BCUT2D eigenvalue weighted by atomic mass is 10.1. The number of nitro benzene ring substituents is 1. The Kier molecular flexibility index (Phi) is 5.09. The van der Waals surface area contributed by atoms with E-state index in [1.54, 1.807) is 23.6 Å². The number of hydrogen-bond donors (Lipinski definition) is 2. The number of aromatic amines is 1. The summed E-state index contributed by atoms with van der Waals surface area (Å²) in [5.74, 6) is -0.258. The molecule has 4 aromatic rings. The lowest BCUT2D eigenvalue weighted by molar-refractivity contribution is -0.384. The van der Waals surface area contributed by atoms with E-state index in [0.29, 0.717) is 29.4 Å². The van der Waals surface area contributed by atoms with E-state index in [4.69, 9.17) is 0 Å². The van der Waals surface area contributed by atoms with Gasteiger partial charge in [-0.25, -0.2) is 4.98 Å². The van der Waals surface area contributed by atoms with E-state index in [9.17, 15) is 14.9 Å². The Labute approximate surface area is 170 Å². The highest BCUT2D eigenvalue weighted by atomic mass is 32.1. The van der Waals surface area contributed by atoms with E-state index in [2.05, 4.69) is 15.3 Å². The quantitative estimate of drug-likeness (QED) is 0.364. The van der Waals surface area contributed by atoms with Crippen molar-refractivity contribution in [3.8, 4) is 11.3 Å². The van der Waals surface area contributed by atoms with Crippen molar-refractivity contribution < 1.29 is 9.72 Å². The molecule has 8 heteroatoms. The molecule has 0 radical (unpaired) electrons.